The van der Waals surface area contributed by atoms with E-state index in [9.17, 15) is 4.79 Å². The maximum atomic E-state index is 12.7. The summed E-state index contributed by atoms with van der Waals surface area (Å²) < 4.78 is 12.8. The van der Waals surface area contributed by atoms with Gasteiger partial charge in [-0.25, -0.2) is 0 Å². The van der Waals surface area contributed by atoms with E-state index >= 15 is 0 Å². The fourth-order valence-corrected chi connectivity index (χ4v) is 3.39. The Morgan fingerprint density at radius 1 is 1.07 bits per heavy atom. The quantitative estimate of drug-likeness (QED) is 0.725. The van der Waals surface area contributed by atoms with E-state index in [2.05, 4.69) is 28.9 Å². The van der Waals surface area contributed by atoms with Gasteiger partial charge in [-0.3, -0.25) is 4.79 Å². The summed E-state index contributed by atoms with van der Waals surface area (Å²) in [5, 5.41) is 3.02. The van der Waals surface area contributed by atoms with E-state index in [-0.39, 0.29) is 18.7 Å². The standard InChI is InChI=1S/C22H22N2O3/c1-16-6-2-3-7-18(16)19(24-10-4-5-11-24)13-22(25)23-14-17-8-9-20-21(12-17)27-15-26-20/h2-12,19H,13-15H2,1H3,(H,23,25)/t19-/m1/s1. The zero-order valence-electron chi connectivity index (χ0n) is 15.2. The molecule has 2 aromatic carbocycles. The number of nitrogens with one attached hydrogen (secondary N) is 1. The molecular weight excluding hydrogens is 340 g/mol. The summed E-state index contributed by atoms with van der Waals surface area (Å²) in [6, 6.07) is 17.9. The Morgan fingerprint density at radius 3 is 2.67 bits per heavy atom. The van der Waals surface area contributed by atoms with Crippen LogP contribution in [0.5, 0.6) is 11.5 Å². The topological polar surface area (TPSA) is 52.5 Å². The van der Waals surface area contributed by atoms with Crippen molar-refractivity contribution in [2.75, 3.05) is 6.79 Å². The molecule has 0 bridgehead atoms. The largest absolute Gasteiger partial charge is 0.454 e. The maximum absolute atomic E-state index is 12.7. The average molecular weight is 362 g/mol. The Balaban J connectivity index is 1.45. The van der Waals surface area contributed by atoms with Crippen molar-refractivity contribution in [3.8, 4) is 11.5 Å². The van der Waals surface area contributed by atoms with Gasteiger partial charge in [0.1, 0.15) is 0 Å². The summed E-state index contributed by atoms with van der Waals surface area (Å²) in [4.78, 5) is 12.7. The van der Waals surface area contributed by atoms with E-state index in [0.29, 0.717) is 13.0 Å². The number of hydrogen-bond donors (Lipinski definition) is 1. The summed E-state index contributed by atoms with van der Waals surface area (Å²) in [6.07, 6.45) is 4.38. The van der Waals surface area contributed by atoms with Crippen LogP contribution in [0.2, 0.25) is 0 Å². The Morgan fingerprint density at radius 2 is 1.85 bits per heavy atom. The van der Waals surface area contributed by atoms with Gasteiger partial charge in [0, 0.05) is 18.9 Å². The summed E-state index contributed by atoms with van der Waals surface area (Å²) >= 11 is 0. The molecule has 138 valence electrons. The van der Waals surface area contributed by atoms with Crippen LogP contribution in [0, 0.1) is 6.92 Å². The van der Waals surface area contributed by atoms with Crippen molar-refractivity contribution in [3.63, 3.8) is 0 Å². The summed E-state index contributed by atoms with van der Waals surface area (Å²) in [5.74, 6) is 1.48. The van der Waals surface area contributed by atoms with Crippen LogP contribution in [-0.4, -0.2) is 17.3 Å². The molecule has 0 fully saturated rings. The number of aryl methyl sites for hydroxylation is 1. The summed E-state index contributed by atoms with van der Waals surface area (Å²) in [6.45, 7) is 2.79. The van der Waals surface area contributed by atoms with Crippen molar-refractivity contribution >= 4 is 5.91 Å². The molecule has 0 aliphatic carbocycles. The number of hydrogen-bond acceptors (Lipinski definition) is 3. The highest BCUT2D eigenvalue weighted by molar-refractivity contribution is 5.77. The molecule has 5 heteroatoms. The molecular formula is C22H22N2O3. The molecule has 0 saturated heterocycles. The number of benzene rings is 2. The van der Waals surface area contributed by atoms with E-state index in [1.54, 1.807) is 0 Å². The van der Waals surface area contributed by atoms with Gasteiger partial charge in [0.25, 0.3) is 0 Å². The number of nitrogens with zero attached hydrogens (tertiary/aromatic N) is 1. The first-order valence-corrected chi connectivity index (χ1v) is 9.04. The maximum Gasteiger partial charge on any atom is 0.231 e. The van der Waals surface area contributed by atoms with Crippen molar-refractivity contribution in [1.29, 1.82) is 0 Å². The van der Waals surface area contributed by atoms with Gasteiger partial charge in [0.2, 0.25) is 12.7 Å². The third-order valence-electron chi connectivity index (χ3n) is 4.84. The van der Waals surface area contributed by atoms with E-state index in [1.165, 1.54) is 5.56 Å². The molecule has 1 aromatic heterocycles. The lowest BCUT2D eigenvalue weighted by Gasteiger charge is -2.21. The Kier molecular flexibility index (Phi) is 4.83. The Hall–Kier alpha value is -3.21. The number of ether oxygens (including phenoxy) is 2. The molecule has 1 atom stereocenters. The predicted octanol–water partition coefficient (Wildman–Crippen LogP) is 3.82. The van der Waals surface area contributed by atoms with Crippen LogP contribution in [0.1, 0.15) is 29.2 Å². The normalized spacial score (nSPS) is 13.4. The van der Waals surface area contributed by atoms with Crippen LogP contribution in [0.15, 0.2) is 67.0 Å². The van der Waals surface area contributed by atoms with Crippen LogP contribution in [0.4, 0.5) is 0 Å². The van der Waals surface area contributed by atoms with Gasteiger partial charge in [-0.1, -0.05) is 30.3 Å². The molecule has 0 saturated carbocycles. The van der Waals surface area contributed by atoms with Gasteiger partial charge in [-0.15, -0.1) is 0 Å². The second-order valence-corrected chi connectivity index (χ2v) is 6.67. The van der Waals surface area contributed by atoms with Crippen molar-refractivity contribution in [2.24, 2.45) is 0 Å². The van der Waals surface area contributed by atoms with Crippen LogP contribution in [0.25, 0.3) is 0 Å². The number of aromatic nitrogens is 1. The van der Waals surface area contributed by atoms with Crippen molar-refractivity contribution < 1.29 is 14.3 Å². The van der Waals surface area contributed by atoms with E-state index in [1.807, 2.05) is 54.9 Å². The summed E-state index contributed by atoms with van der Waals surface area (Å²) in [7, 11) is 0. The molecule has 1 amide bonds. The number of rotatable bonds is 6. The molecule has 0 radical (unpaired) electrons. The van der Waals surface area contributed by atoms with Crippen molar-refractivity contribution in [1.82, 2.24) is 9.88 Å². The van der Waals surface area contributed by atoms with Gasteiger partial charge in [0.05, 0.1) is 12.5 Å². The third-order valence-corrected chi connectivity index (χ3v) is 4.84. The lowest BCUT2D eigenvalue weighted by atomic mass is 9.98. The van der Waals surface area contributed by atoms with E-state index in [0.717, 1.165) is 22.6 Å². The third kappa shape index (κ3) is 3.82. The first kappa shape index (κ1) is 17.2. The first-order chi connectivity index (χ1) is 13.2. The molecule has 27 heavy (non-hydrogen) atoms. The molecule has 0 spiro atoms. The molecule has 0 unspecified atom stereocenters. The lowest BCUT2D eigenvalue weighted by Crippen LogP contribution is -2.26. The van der Waals surface area contributed by atoms with Crippen molar-refractivity contribution in [2.45, 2.75) is 25.9 Å². The van der Waals surface area contributed by atoms with Crippen molar-refractivity contribution in [3.05, 3.63) is 83.7 Å². The molecule has 1 aliphatic rings. The fraction of sp³-hybridized carbons (Fsp3) is 0.227. The van der Waals surface area contributed by atoms with Gasteiger partial charge >= 0.3 is 0 Å². The zero-order chi connectivity index (χ0) is 18.6. The monoisotopic (exact) mass is 362 g/mol. The fourth-order valence-electron chi connectivity index (χ4n) is 3.39. The average Bonchev–Trinajstić information content (AvgIpc) is 3.36. The molecule has 4 rings (SSSR count). The number of carbonyl (C=O) groups is 1. The van der Waals surface area contributed by atoms with Gasteiger partial charge < -0.3 is 19.4 Å². The molecule has 2 heterocycles. The highest BCUT2D eigenvalue weighted by Gasteiger charge is 2.19. The lowest BCUT2D eigenvalue weighted by molar-refractivity contribution is -0.121. The van der Waals surface area contributed by atoms with Crippen LogP contribution in [0.3, 0.4) is 0 Å². The summed E-state index contributed by atoms with van der Waals surface area (Å²) in [5.41, 5.74) is 3.33. The first-order valence-electron chi connectivity index (χ1n) is 9.04. The second kappa shape index (κ2) is 7.58. The van der Waals surface area contributed by atoms with Crippen LogP contribution >= 0.6 is 0 Å². The molecule has 3 aromatic rings. The van der Waals surface area contributed by atoms with Gasteiger partial charge in [-0.05, 0) is 47.9 Å². The zero-order valence-corrected chi connectivity index (χ0v) is 15.2. The number of fused-ring (bicyclic) bond motifs is 1. The van der Waals surface area contributed by atoms with E-state index in [4.69, 9.17) is 9.47 Å². The highest BCUT2D eigenvalue weighted by atomic mass is 16.7. The Bertz CT molecular complexity index is 934. The Labute approximate surface area is 158 Å². The van der Waals surface area contributed by atoms with E-state index < -0.39 is 0 Å². The second-order valence-electron chi connectivity index (χ2n) is 6.67. The van der Waals surface area contributed by atoms with Gasteiger partial charge in [0.15, 0.2) is 11.5 Å². The molecule has 5 nitrogen and oxygen atoms in total. The minimum Gasteiger partial charge on any atom is -0.454 e. The van der Waals surface area contributed by atoms with Crippen LogP contribution < -0.4 is 14.8 Å². The predicted molar refractivity (Wildman–Crippen MR) is 103 cm³/mol. The SMILES string of the molecule is Cc1ccccc1[C@@H](CC(=O)NCc1ccc2c(c1)OCO2)n1cccc1. The smallest absolute Gasteiger partial charge is 0.231 e. The number of carbonyl (C=O) groups excluding carboxylic acids is 1. The molecule has 1 aliphatic heterocycles. The minimum absolute atomic E-state index is 0.00891. The minimum atomic E-state index is -0.0297. The van der Waals surface area contributed by atoms with Gasteiger partial charge in [-0.2, -0.15) is 0 Å². The number of amides is 1. The highest BCUT2D eigenvalue weighted by Crippen LogP contribution is 2.32. The van der Waals surface area contributed by atoms with Crippen LogP contribution in [-0.2, 0) is 11.3 Å². The molecule has 1 N–H and O–H groups in total.